The van der Waals surface area contributed by atoms with Gasteiger partial charge in [0.15, 0.2) is 11.5 Å². The monoisotopic (exact) mass is 300 g/mol. The normalized spacial score (nSPS) is 22.9. The molecule has 1 amide bonds. The molecular weight excluding hydrogens is 286 g/mol. The van der Waals surface area contributed by atoms with Crippen LogP contribution in [0.3, 0.4) is 0 Å². The average Bonchev–Trinajstić information content (AvgIpc) is 2.73. The highest BCUT2D eigenvalue weighted by Crippen LogP contribution is 2.42. The van der Waals surface area contributed by atoms with Crippen molar-refractivity contribution in [3.05, 3.63) is 18.2 Å². The van der Waals surface area contributed by atoms with Crippen LogP contribution >= 0.6 is 0 Å². The van der Waals surface area contributed by atoms with Crippen molar-refractivity contribution in [1.82, 2.24) is 5.32 Å². The van der Waals surface area contributed by atoms with Crippen molar-refractivity contribution < 1.29 is 27.8 Å². The minimum atomic E-state index is -3.66. The number of morpholine rings is 1. The first-order chi connectivity index (χ1) is 10.0. The molecule has 1 fully saturated rings. The van der Waals surface area contributed by atoms with Gasteiger partial charge in [0.25, 0.3) is 0 Å². The molecule has 0 bridgehead atoms. The molecule has 21 heavy (non-hydrogen) atoms. The number of ether oxygens (including phenoxy) is 3. The average molecular weight is 300 g/mol. The standard InChI is InChI=1S/C13H14F2N2O4/c14-13(15)20-10-2-1-8(5-11(10)21-13)17-12(18)6-9-7-19-4-3-16-9/h1-2,5,9,16H,3-4,6-7H2,(H,17,18). The van der Waals surface area contributed by atoms with Gasteiger partial charge >= 0.3 is 6.29 Å². The Morgan fingerprint density at radius 1 is 1.38 bits per heavy atom. The Labute approximate surface area is 119 Å². The fourth-order valence-electron chi connectivity index (χ4n) is 2.21. The van der Waals surface area contributed by atoms with Gasteiger partial charge in [0.05, 0.1) is 13.2 Å². The minimum Gasteiger partial charge on any atom is -0.395 e. The number of carbonyl (C=O) groups is 1. The van der Waals surface area contributed by atoms with Crippen molar-refractivity contribution >= 4 is 11.6 Å². The highest BCUT2D eigenvalue weighted by Gasteiger charge is 2.43. The number of hydrogen-bond donors (Lipinski definition) is 2. The molecule has 0 aromatic heterocycles. The van der Waals surface area contributed by atoms with E-state index >= 15 is 0 Å². The molecule has 2 N–H and O–H groups in total. The second-order valence-electron chi connectivity index (χ2n) is 4.81. The van der Waals surface area contributed by atoms with E-state index in [1.807, 2.05) is 0 Å². The van der Waals surface area contributed by atoms with Gasteiger partial charge < -0.3 is 24.8 Å². The van der Waals surface area contributed by atoms with Crippen LogP contribution in [-0.4, -0.2) is 38.0 Å². The van der Waals surface area contributed by atoms with Gasteiger partial charge in [0.1, 0.15) is 0 Å². The molecule has 2 aliphatic rings. The lowest BCUT2D eigenvalue weighted by molar-refractivity contribution is -0.286. The summed E-state index contributed by atoms with van der Waals surface area (Å²) in [6.45, 7) is 1.81. The van der Waals surface area contributed by atoms with Crippen LogP contribution in [0.2, 0.25) is 0 Å². The third-order valence-corrected chi connectivity index (χ3v) is 3.12. The van der Waals surface area contributed by atoms with E-state index < -0.39 is 6.29 Å². The Bertz CT molecular complexity index is 547. The van der Waals surface area contributed by atoms with Gasteiger partial charge in [-0.05, 0) is 12.1 Å². The molecule has 1 unspecified atom stereocenters. The van der Waals surface area contributed by atoms with Crippen molar-refractivity contribution in [2.75, 3.05) is 25.1 Å². The number of rotatable bonds is 3. The molecular formula is C13H14F2N2O4. The van der Waals surface area contributed by atoms with Gasteiger partial charge in [0, 0.05) is 30.8 Å². The highest BCUT2D eigenvalue weighted by atomic mass is 19.3. The molecule has 0 spiro atoms. The van der Waals surface area contributed by atoms with E-state index in [1.54, 1.807) is 0 Å². The molecule has 6 nitrogen and oxygen atoms in total. The number of nitrogens with one attached hydrogen (secondary N) is 2. The van der Waals surface area contributed by atoms with E-state index in [0.717, 1.165) is 0 Å². The van der Waals surface area contributed by atoms with Gasteiger partial charge in [-0.2, -0.15) is 0 Å². The summed E-state index contributed by atoms with van der Waals surface area (Å²) in [5, 5.41) is 5.79. The van der Waals surface area contributed by atoms with Crippen LogP contribution in [-0.2, 0) is 9.53 Å². The van der Waals surface area contributed by atoms with E-state index in [-0.39, 0.29) is 29.9 Å². The second-order valence-corrected chi connectivity index (χ2v) is 4.81. The molecule has 1 atom stereocenters. The summed E-state index contributed by atoms with van der Waals surface area (Å²) in [4.78, 5) is 11.9. The van der Waals surface area contributed by atoms with Crippen molar-refractivity contribution in [3.63, 3.8) is 0 Å². The molecule has 114 valence electrons. The third kappa shape index (κ3) is 3.40. The fourth-order valence-corrected chi connectivity index (χ4v) is 2.21. The number of benzene rings is 1. The SMILES string of the molecule is O=C(CC1COCCN1)Nc1ccc2c(c1)OC(F)(F)O2. The number of fused-ring (bicyclic) bond motifs is 1. The molecule has 1 saturated heterocycles. The van der Waals surface area contributed by atoms with Crippen molar-refractivity contribution in [2.45, 2.75) is 18.8 Å². The first-order valence-corrected chi connectivity index (χ1v) is 6.53. The topological polar surface area (TPSA) is 68.8 Å². The zero-order chi connectivity index (χ0) is 14.9. The van der Waals surface area contributed by atoms with Crippen LogP contribution in [0.4, 0.5) is 14.5 Å². The maximum atomic E-state index is 12.9. The van der Waals surface area contributed by atoms with Gasteiger partial charge in [-0.15, -0.1) is 8.78 Å². The van der Waals surface area contributed by atoms with Gasteiger partial charge in [-0.3, -0.25) is 4.79 Å². The summed E-state index contributed by atoms with van der Waals surface area (Å²) in [6.07, 6.45) is -3.42. The molecule has 3 rings (SSSR count). The molecule has 0 radical (unpaired) electrons. The van der Waals surface area contributed by atoms with E-state index in [0.29, 0.717) is 25.4 Å². The van der Waals surface area contributed by atoms with Crippen molar-refractivity contribution in [3.8, 4) is 11.5 Å². The van der Waals surface area contributed by atoms with Gasteiger partial charge in [0.2, 0.25) is 5.91 Å². The zero-order valence-electron chi connectivity index (χ0n) is 11.0. The molecule has 1 aromatic rings. The predicted octanol–water partition coefficient (Wildman–Crippen LogP) is 1.33. The molecule has 2 heterocycles. The maximum Gasteiger partial charge on any atom is 0.586 e. The number of alkyl halides is 2. The van der Waals surface area contributed by atoms with Crippen molar-refractivity contribution in [1.29, 1.82) is 0 Å². The largest absolute Gasteiger partial charge is 0.586 e. The smallest absolute Gasteiger partial charge is 0.395 e. The Kier molecular flexibility index (Phi) is 3.64. The molecule has 1 aromatic carbocycles. The first kappa shape index (κ1) is 14.0. The molecule has 8 heteroatoms. The number of amides is 1. The highest BCUT2D eigenvalue weighted by molar-refractivity contribution is 5.91. The summed E-state index contributed by atoms with van der Waals surface area (Å²) in [7, 11) is 0. The lowest BCUT2D eigenvalue weighted by atomic mass is 10.2. The first-order valence-electron chi connectivity index (χ1n) is 6.53. The minimum absolute atomic E-state index is 0.0444. The van der Waals surface area contributed by atoms with E-state index in [1.165, 1.54) is 18.2 Å². The Morgan fingerprint density at radius 3 is 2.95 bits per heavy atom. The third-order valence-electron chi connectivity index (χ3n) is 3.12. The number of halogens is 2. The lowest BCUT2D eigenvalue weighted by Crippen LogP contribution is -2.43. The number of anilines is 1. The van der Waals surface area contributed by atoms with Crippen LogP contribution in [0.15, 0.2) is 18.2 Å². The second kappa shape index (κ2) is 5.45. The quantitative estimate of drug-likeness (QED) is 0.881. The Balaban J connectivity index is 1.59. The zero-order valence-corrected chi connectivity index (χ0v) is 11.0. The summed E-state index contributed by atoms with van der Waals surface area (Å²) in [6, 6.07) is 4.07. The summed E-state index contributed by atoms with van der Waals surface area (Å²) in [5.74, 6) is -0.388. The van der Waals surface area contributed by atoms with Crippen LogP contribution in [0, 0.1) is 0 Å². The van der Waals surface area contributed by atoms with Gasteiger partial charge in [-0.25, -0.2) is 0 Å². The summed E-state index contributed by atoms with van der Waals surface area (Å²) in [5.41, 5.74) is 0.372. The van der Waals surface area contributed by atoms with E-state index in [4.69, 9.17) is 4.74 Å². The van der Waals surface area contributed by atoms with Crippen LogP contribution < -0.4 is 20.1 Å². The number of carbonyl (C=O) groups excluding carboxylic acids is 1. The lowest BCUT2D eigenvalue weighted by Gasteiger charge is -2.23. The Morgan fingerprint density at radius 2 is 2.19 bits per heavy atom. The molecule has 0 aliphatic carbocycles. The van der Waals surface area contributed by atoms with Gasteiger partial charge in [-0.1, -0.05) is 0 Å². The Hall–Kier alpha value is -1.93. The van der Waals surface area contributed by atoms with E-state index in [2.05, 4.69) is 20.1 Å². The fraction of sp³-hybridized carbons (Fsp3) is 0.462. The van der Waals surface area contributed by atoms with Crippen LogP contribution in [0.25, 0.3) is 0 Å². The maximum absolute atomic E-state index is 12.9. The molecule has 0 saturated carbocycles. The summed E-state index contributed by atoms with van der Waals surface area (Å²) >= 11 is 0. The molecule has 2 aliphatic heterocycles. The predicted molar refractivity (Wildman–Crippen MR) is 68.5 cm³/mol. The van der Waals surface area contributed by atoms with Crippen molar-refractivity contribution in [2.24, 2.45) is 0 Å². The number of hydrogen-bond acceptors (Lipinski definition) is 5. The summed E-state index contributed by atoms with van der Waals surface area (Å²) < 4.78 is 39.6. The van der Waals surface area contributed by atoms with Crippen LogP contribution in [0.1, 0.15) is 6.42 Å². The van der Waals surface area contributed by atoms with E-state index in [9.17, 15) is 13.6 Å². The van der Waals surface area contributed by atoms with Crippen LogP contribution in [0.5, 0.6) is 11.5 Å².